The number of nitrogens with one attached hydrogen (secondary N) is 1. The average molecular weight is 279 g/mol. The Morgan fingerprint density at radius 1 is 1.45 bits per heavy atom. The highest BCUT2D eigenvalue weighted by molar-refractivity contribution is 5.99. The van der Waals surface area contributed by atoms with Gasteiger partial charge in [-0.15, -0.1) is 0 Å². The molecule has 20 heavy (non-hydrogen) atoms. The van der Waals surface area contributed by atoms with Crippen molar-refractivity contribution in [1.82, 2.24) is 5.32 Å². The maximum Gasteiger partial charge on any atom is 0.316 e. The van der Waals surface area contributed by atoms with Crippen molar-refractivity contribution >= 4 is 11.9 Å². The summed E-state index contributed by atoms with van der Waals surface area (Å²) in [6.45, 7) is 0.708. The first-order valence-electron chi connectivity index (χ1n) is 6.53. The highest BCUT2D eigenvalue weighted by Gasteiger charge is 2.42. The summed E-state index contributed by atoms with van der Waals surface area (Å²) in [5.41, 5.74) is 1.15. The minimum absolute atomic E-state index is 0.145. The molecule has 106 valence electrons. The number of fused-ring (bicyclic) bond motifs is 1. The summed E-state index contributed by atoms with van der Waals surface area (Å²) >= 11 is 0. The van der Waals surface area contributed by atoms with Gasteiger partial charge in [-0.1, -0.05) is 0 Å². The van der Waals surface area contributed by atoms with Crippen LogP contribution in [0, 0.1) is 11.7 Å². The predicted octanol–water partition coefficient (Wildman–Crippen LogP) is 1.06. The molecule has 0 unspecified atom stereocenters. The number of ether oxygens (including phenoxy) is 1. The van der Waals surface area contributed by atoms with Gasteiger partial charge < -0.3 is 15.2 Å². The molecule has 0 radical (unpaired) electrons. The zero-order valence-electron chi connectivity index (χ0n) is 10.7. The Kier molecular flexibility index (Phi) is 3.08. The molecule has 2 aliphatic rings. The Hall–Kier alpha value is -2.11. The third-order valence-corrected chi connectivity index (χ3v) is 3.87. The predicted molar refractivity (Wildman–Crippen MR) is 67.1 cm³/mol. The Labute approximate surface area is 114 Å². The van der Waals surface area contributed by atoms with Gasteiger partial charge in [-0.2, -0.15) is 0 Å². The number of carbonyl (C=O) groups excluding carboxylic acids is 1. The first-order chi connectivity index (χ1) is 9.58. The van der Waals surface area contributed by atoms with Gasteiger partial charge in [-0.3, -0.25) is 9.59 Å². The van der Waals surface area contributed by atoms with E-state index in [2.05, 4.69) is 5.32 Å². The van der Waals surface area contributed by atoms with Crippen molar-refractivity contribution in [3.63, 3.8) is 0 Å². The van der Waals surface area contributed by atoms with E-state index < -0.39 is 29.5 Å². The van der Waals surface area contributed by atoms with Crippen LogP contribution in [-0.4, -0.2) is 30.1 Å². The molecule has 2 aliphatic heterocycles. The van der Waals surface area contributed by atoms with E-state index in [4.69, 9.17) is 9.84 Å². The van der Waals surface area contributed by atoms with Gasteiger partial charge >= 0.3 is 5.97 Å². The zero-order chi connectivity index (χ0) is 14.3. The topological polar surface area (TPSA) is 75.6 Å². The first-order valence-corrected chi connectivity index (χ1v) is 6.53. The van der Waals surface area contributed by atoms with Crippen LogP contribution in [0.5, 0.6) is 5.75 Å². The van der Waals surface area contributed by atoms with Crippen LogP contribution in [0.25, 0.3) is 0 Å². The zero-order valence-corrected chi connectivity index (χ0v) is 10.7. The van der Waals surface area contributed by atoms with E-state index in [0.717, 1.165) is 18.4 Å². The molecule has 3 rings (SSSR count). The molecular formula is C14H14FNO4. The lowest BCUT2D eigenvalue weighted by atomic mass is 9.86. The minimum Gasteiger partial charge on any atom is -0.493 e. The number of aliphatic carboxylic acids is 1. The highest BCUT2D eigenvalue weighted by atomic mass is 19.1. The van der Waals surface area contributed by atoms with Gasteiger partial charge in [0.1, 0.15) is 17.5 Å². The molecule has 1 saturated heterocycles. The minimum atomic E-state index is -1.23. The lowest BCUT2D eigenvalue weighted by molar-refractivity contribution is -0.145. The fourth-order valence-corrected chi connectivity index (χ4v) is 2.87. The quantitative estimate of drug-likeness (QED) is 0.794. The Morgan fingerprint density at radius 3 is 3.00 bits per heavy atom. The van der Waals surface area contributed by atoms with Crippen LogP contribution < -0.4 is 10.1 Å². The third kappa shape index (κ3) is 2.01. The molecule has 2 N–H and O–H groups in total. The molecular weight excluding hydrogens is 265 g/mol. The van der Waals surface area contributed by atoms with Crippen LogP contribution in [0.4, 0.5) is 4.39 Å². The number of aryl methyl sites for hydroxylation is 1. The Bertz CT molecular complexity index is 587. The number of hydrogen-bond acceptors (Lipinski definition) is 3. The number of rotatable bonds is 2. The molecule has 0 aromatic heterocycles. The summed E-state index contributed by atoms with van der Waals surface area (Å²) in [6, 6.07) is 2.94. The molecule has 0 aliphatic carbocycles. The second-order valence-electron chi connectivity index (χ2n) is 5.10. The average Bonchev–Trinajstić information content (AvgIpc) is 2.79. The summed E-state index contributed by atoms with van der Waals surface area (Å²) in [5, 5.41) is 11.6. The fourth-order valence-electron chi connectivity index (χ4n) is 2.87. The van der Waals surface area contributed by atoms with Crippen molar-refractivity contribution < 1.29 is 23.8 Å². The third-order valence-electron chi connectivity index (χ3n) is 3.87. The van der Waals surface area contributed by atoms with Gasteiger partial charge in [0.2, 0.25) is 5.91 Å². The summed E-state index contributed by atoms with van der Waals surface area (Å²) in [4.78, 5) is 22.7. The molecule has 0 spiro atoms. The number of hydrogen-bond donors (Lipinski definition) is 2. The van der Waals surface area contributed by atoms with Gasteiger partial charge in [-0.25, -0.2) is 4.39 Å². The number of carbonyl (C=O) groups is 2. The highest BCUT2D eigenvalue weighted by Crippen LogP contribution is 2.35. The van der Waals surface area contributed by atoms with E-state index >= 15 is 0 Å². The van der Waals surface area contributed by atoms with Gasteiger partial charge in [0, 0.05) is 18.5 Å². The monoisotopic (exact) mass is 279 g/mol. The SMILES string of the molecule is O=C(O)[C@@H]1C(=O)NC[C@H]1c1cc2c(cc1F)OCCC2. The molecule has 1 fully saturated rings. The molecule has 0 saturated carbocycles. The van der Waals surface area contributed by atoms with Crippen molar-refractivity contribution in [1.29, 1.82) is 0 Å². The fraction of sp³-hybridized carbons (Fsp3) is 0.429. The van der Waals surface area contributed by atoms with Crippen molar-refractivity contribution in [3.8, 4) is 5.75 Å². The van der Waals surface area contributed by atoms with Crippen LogP contribution >= 0.6 is 0 Å². The van der Waals surface area contributed by atoms with Crippen LogP contribution in [0.1, 0.15) is 23.5 Å². The molecule has 2 atom stereocenters. The molecule has 6 heteroatoms. The van der Waals surface area contributed by atoms with E-state index in [9.17, 15) is 14.0 Å². The number of carboxylic acids is 1. The van der Waals surface area contributed by atoms with Crippen molar-refractivity contribution in [3.05, 3.63) is 29.1 Å². The van der Waals surface area contributed by atoms with E-state index in [0.29, 0.717) is 12.4 Å². The first kappa shape index (κ1) is 12.9. The van der Waals surface area contributed by atoms with Gasteiger partial charge in [0.25, 0.3) is 0 Å². The van der Waals surface area contributed by atoms with E-state index in [1.165, 1.54) is 6.07 Å². The molecule has 1 aromatic rings. The molecule has 2 heterocycles. The van der Waals surface area contributed by atoms with Crippen molar-refractivity contribution in [2.45, 2.75) is 18.8 Å². The molecule has 1 aromatic carbocycles. The van der Waals surface area contributed by atoms with Crippen LogP contribution in [0.15, 0.2) is 12.1 Å². The number of amides is 1. The van der Waals surface area contributed by atoms with Gasteiger partial charge in [0.05, 0.1) is 6.61 Å². The maximum atomic E-state index is 14.2. The molecule has 5 nitrogen and oxygen atoms in total. The lowest BCUT2D eigenvalue weighted by Gasteiger charge is -2.21. The van der Waals surface area contributed by atoms with Gasteiger partial charge in [0.15, 0.2) is 0 Å². The summed E-state index contributed by atoms with van der Waals surface area (Å²) < 4.78 is 19.6. The second kappa shape index (κ2) is 4.77. The van der Waals surface area contributed by atoms with E-state index in [-0.39, 0.29) is 12.1 Å². The largest absolute Gasteiger partial charge is 0.493 e. The lowest BCUT2D eigenvalue weighted by Crippen LogP contribution is -2.27. The number of carboxylic acid groups (broad SMARTS) is 1. The molecule has 1 amide bonds. The summed E-state index contributed by atoms with van der Waals surface area (Å²) in [7, 11) is 0. The maximum absolute atomic E-state index is 14.2. The summed E-state index contributed by atoms with van der Waals surface area (Å²) in [6.07, 6.45) is 1.62. The Balaban J connectivity index is 2.01. The normalized spacial score (nSPS) is 24.8. The Morgan fingerprint density at radius 2 is 2.25 bits per heavy atom. The summed E-state index contributed by atoms with van der Waals surface area (Å²) in [5.74, 6) is -3.69. The van der Waals surface area contributed by atoms with Crippen molar-refractivity contribution in [2.24, 2.45) is 5.92 Å². The smallest absolute Gasteiger partial charge is 0.316 e. The van der Waals surface area contributed by atoms with Crippen LogP contribution in [0.3, 0.4) is 0 Å². The molecule has 0 bridgehead atoms. The van der Waals surface area contributed by atoms with Crippen LogP contribution in [-0.2, 0) is 16.0 Å². The number of benzene rings is 1. The van der Waals surface area contributed by atoms with Gasteiger partial charge in [-0.05, 0) is 30.0 Å². The standard InChI is InChI=1S/C14H14FNO4/c15-10-5-11-7(2-1-3-20-11)4-8(10)9-6-16-13(17)12(9)14(18)19/h4-5,9,12H,1-3,6H2,(H,16,17)(H,18,19)/t9-,12-/m0/s1. The van der Waals surface area contributed by atoms with Crippen LogP contribution in [0.2, 0.25) is 0 Å². The van der Waals surface area contributed by atoms with E-state index in [1.807, 2.05) is 0 Å². The second-order valence-corrected chi connectivity index (χ2v) is 5.10. The van der Waals surface area contributed by atoms with Crippen molar-refractivity contribution in [2.75, 3.05) is 13.2 Å². The van der Waals surface area contributed by atoms with E-state index in [1.54, 1.807) is 6.07 Å². The number of halogens is 1.